The number of para-hydroxylation sites is 1. The lowest BCUT2D eigenvalue weighted by atomic mass is 9.63. The van der Waals surface area contributed by atoms with Gasteiger partial charge in [-0.25, -0.2) is 14.1 Å². The number of imide groups is 1. The quantitative estimate of drug-likeness (QED) is 0.403. The van der Waals surface area contributed by atoms with Crippen molar-refractivity contribution in [1.82, 2.24) is 0 Å². The molecule has 0 unspecified atom stereocenters. The first-order valence-electron chi connectivity index (χ1n) is 11.8. The first-order valence-corrected chi connectivity index (χ1v) is 11.8. The third-order valence-electron chi connectivity index (χ3n) is 6.99. The normalized spacial score (nSPS) is 24.5. The number of anilines is 1. The van der Waals surface area contributed by atoms with Crippen LogP contribution in [0.3, 0.4) is 0 Å². The second-order valence-corrected chi connectivity index (χ2v) is 10.3. The van der Waals surface area contributed by atoms with Crippen molar-refractivity contribution >= 4 is 17.7 Å². The molecular formula is C28H25FN2O6. The van der Waals surface area contributed by atoms with Gasteiger partial charge in [-0.05, 0) is 61.2 Å². The van der Waals surface area contributed by atoms with Gasteiger partial charge in [0.05, 0.1) is 11.6 Å². The van der Waals surface area contributed by atoms with Crippen LogP contribution in [-0.2, 0) is 14.9 Å². The van der Waals surface area contributed by atoms with E-state index in [0.717, 1.165) is 17.0 Å². The highest BCUT2D eigenvalue weighted by Crippen LogP contribution is 2.60. The van der Waals surface area contributed by atoms with E-state index in [2.05, 4.69) is 0 Å². The molecule has 9 heteroatoms. The number of amides is 2. The molecule has 0 spiro atoms. The Hall–Kier alpha value is -4.11. The zero-order chi connectivity index (χ0) is 26.7. The molecule has 1 aliphatic heterocycles. The van der Waals surface area contributed by atoms with Crippen LogP contribution in [0.5, 0.6) is 0 Å². The average molecular weight is 505 g/mol. The van der Waals surface area contributed by atoms with Gasteiger partial charge in [0.2, 0.25) is 0 Å². The number of aliphatic hydroxyl groups excluding tert-OH is 1. The molecule has 190 valence electrons. The van der Waals surface area contributed by atoms with Crippen LogP contribution >= 0.6 is 0 Å². The van der Waals surface area contributed by atoms with Crippen molar-refractivity contribution in [3.8, 4) is 0 Å². The predicted molar refractivity (Wildman–Crippen MR) is 132 cm³/mol. The van der Waals surface area contributed by atoms with Gasteiger partial charge in [-0.1, -0.05) is 54.6 Å². The third-order valence-corrected chi connectivity index (χ3v) is 6.99. The molecule has 2 amide bonds. The Morgan fingerprint density at radius 2 is 1.70 bits per heavy atom. The summed E-state index contributed by atoms with van der Waals surface area (Å²) in [7, 11) is 0. The Bertz CT molecular complexity index is 1420. The Morgan fingerprint density at radius 3 is 2.35 bits per heavy atom. The van der Waals surface area contributed by atoms with E-state index in [1.165, 1.54) is 6.07 Å². The molecule has 2 aliphatic rings. The van der Waals surface area contributed by atoms with Crippen LogP contribution in [0, 0.1) is 15.9 Å². The average Bonchev–Trinajstić information content (AvgIpc) is 3.27. The van der Waals surface area contributed by atoms with Crippen molar-refractivity contribution in [2.75, 3.05) is 4.90 Å². The summed E-state index contributed by atoms with van der Waals surface area (Å²) in [6.07, 6.45) is -2.58. The molecule has 0 bridgehead atoms. The second kappa shape index (κ2) is 8.48. The molecule has 3 aromatic rings. The van der Waals surface area contributed by atoms with E-state index >= 15 is 0 Å². The van der Waals surface area contributed by atoms with Crippen molar-refractivity contribution in [3.63, 3.8) is 0 Å². The summed E-state index contributed by atoms with van der Waals surface area (Å²) < 4.78 is 19.8. The second-order valence-electron chi connectivity index (χ2n) is 10.3. The van der Waals surface area contributed by atoms with Crippen LogP contribution < -0.4 is 4.90 Å². The molecule has 1 aliphatic carbocycles. The maximum Gasteiger partial charge on any atom is 0.421 e. The number of ether oxygens (including phenoxy) is 1. The SMILES string of the molecule is CC(C)(C)OC(=O)N1C(=O)[C@@](c2ccccc2)([C@H]2c3ccc(F)cc3[C@@H](O)[C@H]2[N+](=O)[O-])c2ccccc21. The van der Waals surface area contributed by atoms with Gasteiger partial charge in [-0.2, -0.15) is 0 Å². The summed E-state index contributed by atoms with van der Waals surface area (Å²) in [6, 6.07) is 16.9. The Labute approximate surface area is 212 Å². The summed E-state index contributed by atoms with van der Waals surface area (Å²) >= 11 is 0. The Balaban J connectivity index is 1.85. The maximum absolute atomic E-state index is 14.6. The molecule has 3 aromatic carbocycles. The van der Waals surface area contributed by atoms with Gasteiger partial charge in [0.15, 0.2) is 0 Å². The minimum absolute atomic E-state index is 0.0444. The van der Waals surface area contributed by atoms with Crippen molar-refractivity contribution in [1.29, 1.82) is 0 Å². The summed E-state index contributed by atoms with van der Waals surface area (Å²) in [5.41, 5.74) is -1.38. The number of aliphatic hydroxyl groups is 1. The van der Waals surface area contributed by atoms with Crippen LogP contribution in [0.4, 0.5) is 14.9 Å². The molecule has 8 nitrogen and oxygen atoms in total. The minimum atomic E-state index is -1.78. The highest BCUT2D eigenvalue weighted by Gasteiger charge is 2.67. The number of hydrogen-bond acceptors (Lipinski definition) is 6. The lowest BCUT2D eigenvalue weighted by Crippen LogP contribution is -2.51. The van der Waals surface area contributed by atoms with Crippen molar-refractivity contribution in [2.45, 2.75) is 49.9 Å². The molecule has 1 N–H and O–H groups in total. The predicted octanol–water partition coefficient (Wildman–Crippen LogP) is 4.87. The fourth-order valence-electron chi connectivity index (χ4n) is 5.71. The van der Waals surface area contributed by atoms with Crippen LogP contribution in [0.2, 0.25) is 0 Å². The van der Waals surface area contributed by atoms with Gasteiger partial charge >= 0.3 is 6.09 Å². The van der Waals surface area contributed by atoms with Crippen LogP contribution in [0.1, 0.15) is 55.0 Å². The maximum atomic E-state index is 14.6. The lowest BCUT2D eigenvalue weighted by molar-refractivity contribution is -0.538. The monoisotopic (exact) mass is 504 g/mol. The van der Waals surface area contributed by atoms with Gasteiger partial charge in [-0.3, -0.25) is 14.9 Å². The first kappa shape index (κ1) is 24.6. The smallest absolute Gasteiger partial charge is 0.421 e. The zero-order valence-corrected chi connectivity index (χ0v) is 20.4. The highest BCUT2D eigenvalue weighted by molar-refractivity contribution is 6.23. The summed E-state index contributed by atoms with van der Waals surface area (Å²) in [4.78, 5) is 40.7. The van der Waals surface area contributed by atoms with Gasteiger partial charge < -0.3 is 9.84 Å². The van der Waals surface area contributed by atoms with Crippen molar-refractivity contribution in [2.24, 2.45) is 0 Å². The topological polar surface area (TPSA) is 110 Å². The van der Waals surface area contributed by atoms with E-state index in [4.69, 9.17) is 4.74 Å². The summed E-state index contributed by atoms with van der Waals surface area (Å²) in [5, 5.41) is 23.5. The molecule has 0 saturated carbocycles. The van der Waals surface area contributed by atoms with E-state index in [-0.39, 0.29) is 16.8 Å². The number of rotatable bonds is 3. The fourth-order valence-corrected chi connectivity index (χ4v) is 5.71. The number of benzene rings is 3. The Kier molecular flexibility index (Phi) is 5.64. The Morgan fingerprint density at radius 1 is 1.05 bits per heavy atom. The number of halogens is 1. The molecule has 4 atom stereocenters. The number of carbonyl (C=O) groups excluding carboxylic acids is 2. The fraction of sp³-hybridized carbons (Fsp3) is 0.286. The van der Waals surface area contributed by atoms with Crippen LogP contribution in [0.25, 0.3) is 0 Å². The number of nitro groups is 1. The highest BCUT2D eigenvalue weighted by atomic mass is 19.1. The van der Waals surface area contributed by atoms with E-state index < -0.39 is 51.8 Å². The van der Waals surface area contributed by atoms with Crippen LogP contribution in [0.15, 0.2) is 72.8 Å². The van der Waals surface area contributed by atoms with Gasteiger partial charge in [0.1, 0.15) is 22.9 Å². The third kappa shape index (κ3) is 3.61. The largest absolute Gasteiger partial charge is 0.443 e. The van der Waals surface area contributed by atoms with E-state index in [0.29, 0.717) is 11.1 Å². The molecule has 0 aromatic heterocycles. The molecular weight excluding hydrogens is 479 g/mol. The standard InChI is InChI=1S/C28H25FN2O6/c1-27(2,3)37-26(34)30-21-12-8-7-11-20(21)28(25(30)33,16-9-5-4-6-10-16)22-18-14-13-17(29)15-19(18)24(32)23(22)31(35)36/h4-15,22-24,32H,1-3H3/t22-,23-,24+,28+/m0/s1. The summed E-state index contributed by atoms with van der Waals surface area (Å²) in [5.74, 6) is -2.66. The number of hydrogen-bond donors (Lipinski definition) is 1. The van der Waals surface area contributed by atoms with Gasteiger partial charge in [-0.15, -0.1) is 0 Å². The summed E-state index contributed by atoms with van der Waals surface area (Å²) in [6.45, 7) is 5.01. The van der Waals surface area contributed by atoms with Gasteiger partial charge in [0, 0.05) is 4.92 Å². The molecule has 37 heavy (non-hydrogen) atoms. The van der Waals surface area contributed by atoms with Crippen molar-refractivity contribution in [3.05, 3.63) is 111 Å². The lowest BCUT2D eigenvalue weighted by Gasteiger charge is -2.36. The zero-order valence-electron chi connectivity index (χ0n) is 20.4. The molecule has 5 rings (SSSR count). The van der Waals surface area contributed by atoms with Crippen molar-refractivity contribution < 1.29 is 28.7 Å². The van der Waals surface area contributed by atoms with E-state index in [1.807, 2.05) is 0 Å². The van der Waals surface area contributed by atoms with E-state index in [9.17, 15) is 29.2 Å². The first-order chi connectivity index (χ1) is 17.5. The molecule has 0 saturated heterocycles. The number of nitrogens with zero attached hydrogens (tertiary/aromatic N) is 2. The van der Waals surface area contributed by atoms with Crippen LogP contribution in [-0.4, -0.2) is 33.7 Å². The van der Waals surface area contributed by atoms with E-state index in [1.54, 1.807) is 75.4 Å². The van der Waals surface area contributed by atoms with Gasteiger partial charge in [0.25, 0.3) is 11.9 Å². The number of fused-ring (bicyclic) bond motifs is 2. The minimum Gasteiger partial charge on any atom is -0.443 e. The molecule has 1 heterocycles. The molecule has 0 fully saturated rings. The molecule has 0 radical (unpaired) electrons. The number of carbonyl (C=O) groups is 2.